The van der Waals surface area contributed by atoms with E-state index in [4.69, 9.17) is 0 Å². The van der Waals surface area contributed by atoms with Gasteiger partial charge in [0.2, 0.25) is 0 Å². The first-order chi connectivity index (χ1) is 8.71. The van der Waals surface area contributed by atoms with E-state index in [2.05, 4.69) is 55.0 Å². The van der Waals surface area contributed by atoms with E-state index < -0.39 is 0 Å². The lowest BCUT2D eigenvalue weighted by Crippen LogP contribution is -2.19. The van der Waals surface area contributed by atoms with Crippen molar-refractivity contribution in [3.05, 3.63) is 12.2 Å². The third kappa shape index (κ3) is 8.50. The van der Waals surface area contributed by atoms with Crippen LogP contribution in [0.3, 0.4) is 0 Å². The zero-order valence-corrected chi connectivity index (χ0v) is 14.7. The molecule has 0 aliphatic heterocycles. The summed E-state index contributed by atoms with van der Waals surface area (Å²) in [6.07, 6.45) is 8.04. The second kappa shape index (κ2) is 8.82. The minimum Gasteiger partial charge on any atom is -0.0999 e. The lowest BCUT2D eigenvalue weighted by molar-refractivity contribution is 0.248. The zero-order chi connectivity index (χ0) is 15.1. The van der Waals surface area contributed by atoms with Crippen molar-refractivity contribution in [3.63, 3.8) is 0 Å². The Morgan fingerprint density at radius 2 is 1.58 bits per heavy atom. The summed E-state index contributed by atoms with van der Waals surface area (Å²) in [6.45, 7) is 20.6. The van der Waals surface area contributed by atoms with Crippen molar-refractivity contribution < 1.29 is 0 Å². The molecule has 0 aromatic carbocycles. The van der Waals surface area contributed by atoms with Gasteiger partial charge >= 0.3 is 0 Å². The molecule has 0 nitrogen and oxygen atoms in total. The van der Waals surface area contributed by atoms with E-state index in [1.165, 1.54) is 44.1 Å². The van der Waals surface area contributed by atoms with Crippen LogP contribution in [0.15, 0.2) is 12.2 Å². The SMILES string of the molecule is C=C(C)C(CC)C(CCC(C)CC)CCC(C)(C)C. The number of allylic oxidation sites excluding steroid dienone is 1. The molecule has 0 radical (unpaired) electrons. The summed E-state index contributed by atoms with van der Waals surface area (Å²) in [5, 5.41) is 0. The van der Waals surface area contributed by atoms with E-state index in [0.29, 0.717) is 5.41 Å². The average Bonchev–Trinajstić information content (AvgIpc) is 2.30. The molecule has 0 bridgehead atoms. The molecule has 0 aromatic rings. The van der Waals surface area contributed by atoms with Gasteiger partial charge in [0, 0.05) is 0 Å². The van der Waals surface area contributed by atoms with Crippen molar-refractivity contribution >= 4 is 0 Å². The fraction of sp³-hybridized carbons (Fsp3) is 0.895. The topological polar surface area (TPSA) is 0 Å². The van der Waals surface area contributed by atoms with Gasteiger partial charge in [-0.25, -0.2) is 0 Å². The summed E-state index contributed by atoms with van der Waals surface area (Å²) >= 11 is 0. The van der Waals surface area contributed by atoms with Gasteiger partial charge < -0.3 is 0 Å². The maximum absolute atomic E-state index is 4.24. The predicted octanol–water partition coefficient (Wildman–Crippen LogP) is 6.86. The van der Waals surface area contributed by atoms with Gasteiger partial charge in [-0.05, 0) is 55.8 Å². The number of hydrogen-bond donors (Lipinski definition) is 0. The third-order valence-corrected chi connectivity index (χ3v) is 4.63. The van der Waals surface area contributed by atoms with Gasteiger partial charge in [0.25, 0.3) is 0 Å². The van der Waals surface area contributed by atoms with Crippen LogP contribution in [0.1, 0.15) is 87.0 Å². The van der Waals surface area contributed by atoms with Gasteiger partial charge in [-0.2, -0.15) is 0 Å². The van der Waals surface area contributed by atoms with Crippen LogP contribution in [-0.4, -0.2) is 0 Å². The summed E-state index contributed by atoms with van der Waals surface area (Å²) in [5.74, 6) is 2.45. The first-order valence-corrected chi connectivity index (χ1v) is 8.36. The molecule has 0 N–H and O–H groups in total. The largest absolute Gasteiger partial charge is 0.0999 e. The Balaban J connectivity index is 4.57. The molecular weight excluding hydrogens is 228 g/mol. The van der Waals surface area contributed by atoms with Crippen molar-refractivity contribution in [2.24, 2.45) is 23.2 Å². The van der Waals surface area contributed by atoms with Crippen LogP contribution in [0.4, 0.5) is 0 Å². The summed E-state index contributed by atoms with van der Waals surface area (Å²) in [6, 6.07) is 0. The van der Waals surface area contributed by atoms with Crippen molar-refractivity contribution in [2.45, 2.75) is 87.0 Å². The molecule has 3 atom stereocenters. The Bertz CT molecular complexity index is 243. The molecule has 3 unspecified atom stereocenters. The van der Waals surface area contributed by atoms with Crippen molar-refractivity contribution in [3.8, 4) is 0 Å². The van der Waals surface area contributed by atoms with Crippen molar-refractivity contribution in [2.75, 3.05) is 0 Å². The Morgan fingerprint density at radius 1 is 1.00 bits per heavy atom. The van der Waals surface area contributed by atoms with E-state index in [-0.39, 0.29) is 0 Å². The fourth-order valence-electron chi connectivity index (χ4n) is 2.95. The minimum atomic E-state index is 0.460. The third-order valence-electron chi connectivity index (χ3n) is 4.63. The maximum atomic E-state index is 4.24. The van der Waals surface area contributed by atoms with Gasteiger partial charge in [0.1, 0.15) is 0 Å². The Kier molecular flexibility index (Phi) is 8.70. The molecule has 0 aliphatic rings. The normalized spacial score (nSPS) is 17.0. The highest BCUT2D eigenvalue weighted by molar-refractivity contribution is 4.98. The molecule has 0 heterocycles. The van der Waals surface area contributed by atoms with Gasteiger partial charge in [-0.15, -0.1) is 0 Å². The van der Waals surface area contributed by atoms with Crippen molar-refractivity contribution in [1.29, 1.82) is 0 Å². The summed E-state index contributed by atoms with van der Waals surface area (Å²) in [7, 11) is 0. The average molecular weight is 267 g/mol. The molecule has 0 amide bonds. The quantitative estimate of drug-likeness (QED) is 0.400. The zero-order valence-electron chi connectivity index (χ0n) is 14.7. The van der Waals surface area contributed by atoms with Crippen LogP contribution in [0.25, 0.3) is 0 Å². The number of hydrogen-bond acceptors (Lipinski definition) is 0. The van der Waals surface area contributed by atoms with Crippen LogP contribution in [0, 0.1) is 23.2 Å². The van der Waals surface area contributed by atoms with Crippen LogP contribution in [-0.2, 0) is 0 Å². The molecule has 0 heteroatoms. The molecule has 114 valence electrons. The highest BCUT2D eigenvalue weighted by atomic mass is 14.3. The fourth-order valence-corrected chi connectivity index (χ4v) is 2.95. The first-order valence-electron chi connectivity index (χ1n) is 8.36. The second-order valence-electron chi connectivity index (χ2n) is 7.81. The van der Waals surface area contributed by atoms with Gasteiger partial charge in [0.05, 0.1) is 0 Å². The molecule has 0 fully saturated rings. The van der Waals surface area contributed by atoms with E-state index >= 15 is 0 Å². The molecule has 0 saturated carbocycles. The van der Waals surface area contributed by atoms with Gasteiger partial charge in [-0.3, -0.25) is 0 Å². The Hall–Kier alpha value is -0.260. The van der Waals surface area contributed by atoms with E-state index in [9.17, 15) is 0 Å². The standard InChI is InChI=1S/C19H38/c1-9-16(5)11-12-17(13-14-19(6,7)8)18(10-2)15(3)4/h16-18H,3,9-14H2,1-2,4-8H3. The van der Waals surface area contributed by atoms with Gasteiger partial charge in [-0.1, -0.05) is 66.5 Å². The second-order valence-corrected chi connectivity index (χ2v) is 7.81. The van der Waals surface area contributed by atoms with Gasteiger partial charge in [0.15, 0.2) is 0 Å². The molecule has 0 spiro atoms. The first kappa shape index (κ1) is 18.7. The molecule has 0 aromatic heterocycles. The molecule has 0 aliphatic carbocycles. The lowest BCUT2D eigenvalue weighted by Gasteiger charge is -2.30. The predicted molar refractivity (Wildman–Crippen MR) is 89.5 cm³/mol. The smallest absolute Gasteiger partial charge is 0.0183 e. The highest BCUT2D eigenvalue weighted by Crippen LogP contribution is 2.35. The molecule has 19 heavy (non-hydrogen) atoms. The molecular formula is C19H38. The van der Waals surface area contributed by atoms with E-state index in [1.807, 2.05) is 0 Å². The summed E-state index contributed by atoms with van der Waals surface area (Å²) in [4.78, 5) is 0. The maximum Gasteiger partial charge on any atom is -0.0183 e. The summed E-state index contributed by atoms with van der Waals surface area (Å²) in [5.41, 5.74) is 1.85. The lowest BCUT2D eigenvalue weighted by atomic mass is 9.75. The van der Waals surface area contributed by atoms with Crippen LogP contribution < -0.4 is 0 Å². The number of rotatable bonds is 9. The van der Waals surface area contributed by atoms with E-state index in [1.54, 1.807) is 0 Å². The molecule has 0 rings (SSSR count). The minimum absolute atomic E-state index is 0.460. The Labute approximate surface area is 123 Å². The van der Waals surface area contributed by atoms with E-state index in [0.717, 1.165) is 17.8 Å². The van der Waals surface area contributed by atoms with Crippen LogP contribution >= 0.6 is 0 Å². The van der Waals surface area contributed by atoms with Crippen LogP contribution in [0.5, 0.6) is 0 Å². The molecule has 0 saturated heterocycles. The highest BCUT2D eigenvalue weighted by Gasteiger charge is 2.23. The monoisotopic (exact) mass is 266 g/mol. The summed E-state index contributed by atoms with van der Waals surface area (Å²) < 4.78 is 0. The Morgan fingerprint density at radius 3 is 1.95 bits per heavy atom. The van der Waals surface area contributed by atoms with Crippen LogP contribution in [0.2, 0.25) is 0 Å². The van der Waals surface area contributed by atoms with Crippen molar-refractivity contribution in [1.82, 2.24) is 0 Å².